The maximum Gasteiger partial charge on any atom is 0.0270 e. The molecule has 0 aliphatic heterocycles. The molecule has 0 bridgehead atoms. The third-order valence-corrected chi connectivity index (χ3v) is 4.62. The van der Waals surface area contributed by atoms with Crippen molar-refractivity contribution in [2.45, 2.75) is 30.9 Å². The lowest BCUT2D eigenvalue weighted by Gasteiger charge is -2.08. The Labute approximate surface area is 119 Å². The average molecular weight is 269 g/mol. The number of hydrogen-bond acceptors (Lipinski definition) is 2. The minimum Gasteiger partial charge on any atom is -0.265 e. The Hall–Kier alpha value is -1.28. The molecule has 1 fully saturated rings. The van der Waals surface area contributed by atoms with Crippen LogP contribution in [-0.2, 0) is 12.2 Å². The molecule has 1 aliphatic rings. The number of pyridine rings is 1. The molecule has 2 heteroatoms. The van der Waals surface area contributed by atoms with Crippen molar-refractivity contribution in [2.75, 3.05) is 5.75 Å². The number of nitrogens with zero attached hydrogens (tertiary/aromatic N) is 1. The van der Waals surface area contributed by atoms with E-state index in [0.717, 1.165) is 18.1 Å². The molecule has 1 nitrogen and oxygen atoms in total. The molecule has 98 valence electrons. The van der Waals surface area contributed by atoms with Crippen LogP contribution in [0.4, 0.5) is 0 Å². The predicted octanol–water partition coefficient (Wildman–Crippen LogP) is 4.43. The molecule has 0 atom stereocenters. The zero-order valence-corrected chi connectivity index (χ0v) is 11.9. The summed E-state index contributed by atoms with van der Waals surface area (Å²) in [7, 11) is 0. The number of aromatic nitrogens is 1. The van der Waals surface area contributed by atoms with Crippen LogP contribution >= 0.6 is 11.8 Å². The zero-order valence-electron chi connectivity index (χ0n) is 11.1. The van der Waals surface area contributed by atoms with Crippen molar-refractivity contribution >= 4 is 11.8 Å². The van der Waals surface area contributed by atoms with Crippen molar-refractivity contribution in [3.63, 3.8) is 0 Å². The molecular formula is C17H19NS. The Morgan fingerprint density at radius 1 is 1.05 bits per heavy atom. The van der Waals surface area contributed by atoms with Gasteiger partial charge < -0.3 is 0 Å². The largest absolute Gasteiger partial charge is 0.265 e. The van der Waals surface area contributed by atoms with E-state index in [9.17, 15) is 0 Å². The highest BCUT2D eigenvalue weighted by Crippen LogP contribution is 2.42. The Kier molecular flexibility index (Phi) is 4.19. The molecule has 2 aromatic rings. The highest BCUT2D eigenvalue weighted by atomic mass is 32.2. The van der Waals surface area contributed by atoms with E-state index in [0.29, 0.717) is 0 Å². The van der Waals surface area contributed by atoms with Crippen LogP contribution in [0.5, 0.6) is 0 Å². The molecule has 3 rings (SSSR count). The first kappa shape index (κ1) is 12.7. The number of rotatable bonds is 6. The van der Waals surface area contributed by atoms with Gasteiger partial charge in [-0.1, -0.05) is 24.3 Å². The van der Waals surface area contributed by atoms with E-state index >= 15 is 0 Å². The number of thioether (sulfide) groups is 1. The molecule has 0 N–H and O–H groups in total. The Bertz CT molecular complexity index is 520. The fraction of sp³-hybridized carbons (Fsp3) is 0.353. The summed E-state index contributed by atoms with van der Waals surface area (Å²) >= 11 is 2.04. The van der Waals surface area contributed by atoms with E-state index in [4.69, 9.17) is 0 Å². The fourth-order valence-electron chi connectivity index (χ4n) is 2.38. The fourth-order valence-corrected chi connectivity index (χ4v) is 3.39. The second-order valence-electron chi connectivity index (χ2n) is 5.13. The van der Waals surface area contributed by atoms with Crippen molar-refractivity contribution in [1.82, 2.24) is 4.98 Å². The molecule has 0 amide bonds. The van der Waals surface area contributed by atoms with Crippen LogP contribution in [-0.4, -0.2) is 10.7 Å². The van der Waals surface area contributed by atoms with Gasteiger partial charge in [-0.15, -0.1) is 0 Å². The van der Waals surface area contributed by atoms with E-state index in [1.807, 2.05) is 24.2 Å². The normalized spacial score (nSPS) is 14.5. The molecule has 19 heavy (non-hydrogen) atoms. The molecule has 1 heterocycles. The van der Waals surface area contributed by atoms with Gasteiger partial charge in [-0.05, 0) is 59.8 Å². The van der Waals surface area contributed by atoms with Crippen molar-refractivity contribution in [1.29, 1.82) is 0 Å². The van der Waals surface area contributed by atoms with Gasteiger partial charge in [-0.2, -0.15) is 11.8 Å². The summed E-state index contributed by atoms with van der Waals surface area (Å²) in [6.07, 6.45) is 7.67. The highest BCUT2D eigenvalue weighted by Gasteiger charge is 2.25. The van der Waals surface area contributed by atoms with Crippen LogP contribution in [0.1, 0.15) is 35.4 Å². The quantitative estimate of drug-likeness (QED) is 0.719. The van der Waals surface area contributed by atoms with Crippen LogP contribution in [0.2, 0.25) is 0 Å². The van der Waals surface area contributed by atoms with E-state index in [-0.39, 0.29) is 0 Å². The van der Waals surface area contributed by atoms with Crippen LogP contribution < -0.4 is 0 Å². The molecule has 0 unspecified atom stereocenters. The maximum atomic E-state index is 4.05. The topological polar surface area (TPSA) is 12.9 Å². The van der Waals surface area contributed by atoms with Gasteiger partial charge in [0, 0.05) is 18.1 Å². The average Bonchev–Trinajstić information content (AvgIpc) is 3.30. The summed E-state index contributed by atoms with van der Waals surface area (Å²) in [5.41, 5.74) is 4.53. The first-order valence-corrected chi connectivity index (χ1v) is 8.13. The third-order valence-electron chi connectivity index (χ3n) is 3.61. The lowest BCUT2D eigenvalue weighted by atomic mass is 10.1. The van der Waals surface area contributed by atoms with Gasteiger partial charge in [0.2, 0.25) is 0 Å². The van der Waals surface area contributed by atoms with E-state index in [1.54, 1.807) is 11.1 Å². The molecule has 1 aliphatic carbocycles. The Morgan fingerprint density at radius 3 is 2.63 bits per heavy atom. The van der Waals surface area contributed by atoms with E-state index < -0.39 is 0 Å². The van der Waals surface area contributed by atoms with Crippen LogP contribution in [0.3, 0.4) is 0 Å². The van der Waals surface area contributed by atoms with Gasteiger partial charge in [-0.25, -0.2) is 0 Å². The van der Waals surface area contributed by atoms with Crippen LogP contribution in [0, 0.1) is 0 Å². The van der Waals surface area contributed by atoms with Crippen molar-refractivity contribution in [3.05, 3.63) is 65.5 Å². The summed E-state index contributed by atoms with van der Waals surface area (Å²) in [5, 5.41) is 0. The number of aryl methyl sites for hydroxylation is 1. The van der Waals surface area contributed by atoms with Gasteiger partial charge in [0.05, 0.1) is 0 Å². The second-order valence-corrected chi connectivity index (χ2v) is 6.24. The minimum absolute atomic E-state index is 0.858. The van der Waals surface area contributed by atoms with E-state index in [1.165, 1.54) is 24.2 Å². The van der Waals surface area contributed by atoms with E-state index in [2.05, 4.69) is 41.4 Å². The lowest BCUT2D eigenvalue weighted by Crippen LogP contribution is -1.93. The summed E-state index contributed by atoms with van der Waals surface area (Å²) in [6.45, 7) is 0. The van der Waals surface area contributed by atoms with Crippen LogP contribution in [0.25, 0.3) is 0 Å². The summed E-state index contributed by atoms with van der Waals surface area (Å²) in [5.74, 6) is 3.19. The molecule has 0 saturated heterocycles. The molecule has 1 saturated carbocycles. The predicted molar refractivity (Wildman–Crippen MR) is 82.5 cm³/mol. The maximum absolute atomic E-state index is 4.05. The number of benzene rings is 1. The smallest absolute Gasteiger partial charge is 0.0270 e. The number of hydrogen-bond donors (Lipinski definition) is 0. The Balaban J connectivity index is 1.50. The molecular weight excluding hydrogens is 250 g/mol. The lowest BCUT2D eigenvalue weighted by molar-refractivity contribution is 1.09. The molecule has 1 aromatic carbocycles. The van der Waals surface area contributed by atoms with Crippen molar-refractivity contribution in [2.24, 2.45) is 0 Å². The molecule has 0 radical (unpaired) electrons. The SMILES string of the molecule is c1ccc(C2CC2)c(CSCCc2ccncc2)c1. The summed E-state index contributed by atoms with van der Waals surface area (Å²) < 4.78 is 0. The van der Waals surface area contributed by atoms with Gasteiger partial charge in [-0.3, -0.25) is 4.98 Å². The van der Waals surface area contributed by atoms with Gasteiger partial charge in [0.25, 0.3) is 0 Å². The van der Waals surface area contributed by atoms with Gasteiger partial charge >= 0.3 is 0 Å². The highest BCUT2D eigenvalue weighted by molar-refractivity contribution is 7.98. The molecule has 1 aromatic heterocycles. The summed E-state index contributed by atoms with van der Waals surface area (Å²) in [4.78, 5) is 4.05. The summed E-state index contributed by atoms with van der Waals surface area (Å²) in [6, 6.07) is 13.2. The Morgan fingerprint density at radius 2 is 1.84 bits per heavy atom. The monoisotopic (exact) mass is 269 g/mol. The standard InChI is InChI=1S/C17H19NS/c1-2-4-17(15-5-6-15)16(3-1)13-19-12-9-14-7-10-18-11-8-14/h1-4,7-8,10-11,15H,5-6,9,12-13H2. The first-order chi connectivity index (χ1) is 9.43. The van der Waals surface area contributed by atoms with Crippen molar-refractivity contribution < 1.29 is 0 Å². The third kappa shape index (κ3) is 3.60. The van der Waals surface area contributed by atoms with Crippen molar-refractivity contribution in [3.8, 4) is 0 Å². The van der Waals surface area contributed by atoms with Gasteiger partial charge in [0.1, 0.15) is 0 Å². The second kappa shape index (κ2) is 6.25. The molecule has 0 spiro atoms. The van der Waals surface area contributed by atoms with Gasteiger partial charge in [0.15, 0.2) is 0 Å². The minimum atomic E-state index is 0.858. The van der Waals surface area contributed by atoms with Crippen LogP contribution in [0.15, 0.2) is 48.8 Å². The first-order valence-electron chi connectivity index (χ1n) is 6.98. The zero-order chi connectivity index (χ0) is 12.9.